The van der Waals surface area contributed by atoms with Gasteiger partial charge in [0.2, 0.25) is 0 Å². The normalized spacial score (nSPS) is 18.0. The maximum absolute atomic E-state index is 5.88. The van der Waals surface area contributed by atoms with E-state index < -0.39 is 0 Å². The molecule has 0 saturated carbocycles. The largest absolute Gasteiger partial charge is 0.356 e. The first-order valence-corrected chi connectivity index (χ1v) is 6.28. The minimum Gasteiger partial charge on any atom is -0.356 e. The zero-order valence-electron chi connectivity index (χ0n) is 11.1. The van der Waals surface area contributed by atoms with Crippen LogP contribution in [0.15, 0.2) is 12.4 Å². The van der Waals surface area contributed by atoms with E-state index in [0.29, 0.717) is 6.54 Å². The fraction of sp³-hybridized carbons (Fsp3) is 0.750. The highest BCUT2D eigenvalue weighted by Crippen LogP contribution is 2.16. The van der Waals surface area contributed by atoms with E-state index in [1.165, 1.54) is 0 Å². The molecule has 0 fully saturated rings. The highest BCUT2D eigenvalue weighted by Gasteiger charge is 2.25. The van der Waals surface area contributed by atoms with Gasteiger partial charge in [-0.15, -0.1) is 0 Å². The van der Waals surface area contributed by atoms with Crippen LogP contribution in [0.25, 0.3) is 0 Å². The molecule has 0 radical (unpaired) electrons. The molecule has 2 heterocycles. The summed E-state index contributed by atoms with van der Waals surface area (Å²) in [6.45, 7) is 3.40. The number of nitrogens with zero attached hydrogens (tertiary/aromatic N) is 3. The Labute approximate surface area is 108 Å². The highest BCUT2D eigenvalue weighted by molar-refractivity contribution is 4.96. The number of aromatic nitrogens is 2. The second kappa shape index (κ2) is 6.29. The predicted molar refractivity (Wildman–Crippen MR) is 67.9 cm³/mol. The fourth-order valence-electron chi connectivity index (χ4n) is 2.41. The second-order valence-corrected chi connectivity index (χ2v) is 4.53. The van der Waals surface area contributed by atoms with Gasteiger partial charge in [0, 0.05) is 58.7 Å². The average molecular weight is 254 g/mol. The first-order valence-electron chi connectivity index (χ1n) is 6.28. The van der Waals surface area contributed by atoms with Gasteiger partial charge >= 0.3 is 0 Å². The Kier molecular flexibility index (Phi) is 4.71. The Morgan fingerprint density at radius 1 is 1.39 bits per heavy atom. The number of fused-ring (bicyclic) bond motifs is 1. The van der Waals surface area contributed by atoms with Crippen molar-refractivity contribution in [3.8, 4) is 0 Å². The van der Waals surface area contributed by atoms with Crippen LogP contribution in [-0.2, 0) is 22.6 Å². The zero-order chi connectivity index (χ0) is 13.0. The summed E-state index contributed by atoms with van der Waals surface area (Å²) >= 11 is 0. The third-order valence-corrected chi connectivity index (χ3v) is 3.55. The zero-order valence-corrected chi connectivity index (χ0v) is 11.1. The third-order valence-electron chi connectivity index (χ3n) is 3.55. The van der Waals surface area contributed by atoms with Gasteiger partial charge in [0.25, 0.3) is 0 Å². The highest BCUT2D eigenvalue weighted by atomic mass is 16.7. The molecular formula is C12H22N4O2. The summed E-state index contributed by atoms with van der Waals surface area (Å²) in [5.74, 6) is 1.10. The summed E-state index contributed by atoms with van der Waals surface area (Å²) in [7, 11) is 3.31. The molecule has 18 heavy (non-hydrogen) atoms. The lowest BCUT2D eigenvalue weighted by Gasteiger charge is -2.35. The summed E-state index contributed by atoms with van der Waals surface area (Å²) in [6, 6.07) is 0.264. The average Bonchev–Trinajstić information content (AvgIpc) is 2.87. The maximum Gasteiger partial charge on any atom is 0.158 e. The van der Waals surface area contributed by atoms with Gasteiger partial charge in [-0.05, 0) is 0 Å². The van der Waals surface area contributed by atoms with E-state index in [1.807, 2.05) is 12.4 Å². The molecular weight excluding hydrogens is 232 g/mol. The molecule has 6 heteroatoms. The van der Waals surface area contributed by atoms with Crippen molar-refractivity contribution >= 4 is 0 Å². The predicted octanol–water partition coefficient (Wildman–Crippen LogP) is 0.0350. The molecule has 1 unspecified atom stereocenters. The van der Waals surface area contributed by atoms with Gasteiger partial charge in [-0.25, -0.2) is 4.98 Å². The number of ether oxygens (including phenoxy) is 2. The fourth-order valence-corrected chi connectivity index (χ4v) is 2.41. The molecule has 102 valence electrons. The molecule has 0 spiro atoms. The van der Waals surface area contributed by atoms with E-state index >= 15 is 0 Å². The van der Waals surface area contributed by atoms with Crippen LogP contribution in [-0.4, -0.2) is 54.1 Å². The molecule has 2 rings (SSSR count). The molecule has 1 aromatic rings. The smallest absolute Gasteiger partial charge is 0.158 e. The quantitative estimate of drug-likeness (QED) is 0.726. The van der Waals surface area contributed by atoms with E-state index in [0.717, 1.165) is 31.9 Å². The Morgan fingerprint density at radius 3 is 2.83 bits per heavy atom. The van der Waals surface area contributed by atoms with Crippen LogP contribution in [0.1, 0.15) is 12.2 Å². The van der Waals surface area contributed by atoms with Crippen molar-refractivity contribution in [2.24, 2.45) is 5.73 Å². The lowest BCUT2D eigenvalue weighted by Crippen LogP contribution is -2.46. The molecule has 0 bridgehead atoms. The van der Waals surface area contributed by atoms with Crippen LogP contribution in [0, 0.1) is 0 Å². The van der Waals surface area contributed by atoms with Crippen LogP contribution >= 0.6 is 0 Å². The maximum atomic E-state index is 5.88. The van der Waals surface area contributed by atoms with Crippen molar-refractivity contribution in [2.75, 3.05) is 27.3 Å². The number of hydrogen-bond acceptors (Lipinski definition) is 5. The molecule has 1 aliphatic heterocycles. The lowest BCUT2D eigenvalue weighted by atomic mass is 10.1. The van der Waals surface area contributed by atoms with Crippen LogP contribution in [0.2, 0.25) is 0 Å². The van der Waals surface area contributed by atoms with Crippen molar-refractivity contribution in [3.05, 3.63) is 18.2 Å². The Balaban J connectivity index is 1.97. The standard InChI is InChI=1S/C12H22N4O2/c1-17-12(18-2)7-10(8-13)16-6-5-15-4-3-14-11(15)9-16/h3-4,10,12H,5-9,13H2,1-2H3. The van der Waals surface area contributed by atoms with E-state index in [1.54, 1.807) is 14.2 Å². The molecule has 0 amide bonds. The van der Waals surface area contributed by atoms with E-state index in [4.69, 9.17) is 15.2 Å². The molecule has 6 nitrogen and oxygen atoms in total. The first-order chi connectivity index (χ1) is 8.78. The molecule has 1 aromatic heterocycles. The molecule has 2 N–H and O–H groups in total. The van der Waals surface area contributed by atoms with Gasteiger partial charge in [-0.2, -0.15) is 0 Å². The summed E-state index contributed by atoms with van der Waals surface area (Å²) in [6.07, 6.45) is 4.46. The molecule has 0 aliphatic carbocycles. The number of nitrogens with two attached hydrogens (primary N) is 1. The van der Waals surface area contributed by atoms with Crippen molar-refractivity contribution < 1.29 is 9.47 Å². The van der Waals surface area contributed by atoms with Crippen molar-refractivity contribution in [2.45, 2.75) is 31.8 Å². The monoisotopic (exact) mass is 254 g/mol. The SMILES string of the molecule is COC(CC(CN)N1CCn2ccnc2C1)OC. The van der Waals surface area contributed by atoms with Gasteiger partial charge in [-0.1, -0.05) is 0 Å². The molecule has 0 saturated heterocycles. The Hall–Kier alpha value is -0.950. The van der Waals surface area contributed by atoms with Crippen LogP contribution in [0.4, 0.5) is 0 Å². The number of methoxy groups -OCH3 is 2. The third kappa shape index (κ3) is 2.89. The van der Waals surface area contributed by atoms with E-state index in [2.05, 4.69) is 14.5 Å². The molecule has 1 aliphatic rings. The number of hydrogen-bond donors (Lipinski definition) is 1. The van der Waals surface area contributed by atoms with Crippen molar-refractivity contribution in [1.82, 2.24) is 14.5 Å². The Morgan fingerprint density at radius 2 is 2.17 bits per heavy atom. The van der Waals surface area contributed by atoms with Gasteiger partial charge in [-0.3, -0.25) is 4.90 Å². The Bertz CT molecular complexity index is 365. The van der Waals surface area contributed by atoms with Crippen LogP contribution < -0.4 is 5.73 Å². The minimum absolute atomic E-state index is 0.194. The van der Waals surface area contributed by atoms with Crippen molar-refractivity contribution in [3.63, 3.8) is 0 Å². The van der Waals surface area contributed by atoms with Gasteiger partial charge in [0.15, 0.2) is 6.29 Å². The first kappa shape index (κ1) is 13.5. The summed E-state index contributed by atoms with van der Waals surface area (Å²) in [4.78, 5) is 6.72. The van der Waals surface area contributed by atoms with E-state index in [9.17, 15) is 0 Å². The number of rotatable bonds is 6. The molecule has 0 aromatic carbocycles. The van der Waals surface area contributed by atoms with Crippen LogP contribution in [0.3, 0.4) is 0 Å². The van der Waals surface area contributed by atoms with E-state index in [-0.39, 0.29) is 12.3 Å². The minimum atomic E-state index is -0.194. The second-order valence-electron chi connectivity index (χ2n) is 4.53. The number of imidazole rings is 1. The van der Waals surface area contributed by atoms with Gasteiger partial charge in [0.1, 0.15) is 5.82 Å². The van der Waals surface area contributed by atoms with Crippen molar-refractivity contribution in [1.29, 1.82) is 0 Å². The van der Waals surface area contributed by atoms with Crippen LogP contribution in [0.5, 0.6) is 0 Å². The summed E-state index contributed by atoms with van der Waals surface area (Å²) in [5.41, 5.74) is 5.88. The summed E-state index contributed by atoms with van der Waals surface area (Å²) < 4.78 is 12.7. The topological polar surface area (TPSA) is 65.5 Å². The van der Waals surface area contributed by atoms with Gasteiger partial charge in [0.05, 0.1) is 6.54 Å². The lowest BCUT2D eigenvalue weighted by molar-refractivity contribution is -0.117. The summed E-state index contributed by atoms with van der Waals surface area (Å²) in [5, 5.41) is 0. The molecule has 1 atom stereocenters. The van der Waals surface area contributed by atoms with Gasteiger partial charge < -0.3 is 19.8 Å².